The van der Waals surface area contributed by atoms with Gasteiger partial charge in [-0.25, -0.2) is 8.42 Å². The van der Waals surface area contributed by atoms with Crippen LogP contribution in [0.3, 0.4) is 0 Å². The lowest BCUT2D eigenvalue weighted by atomic mass is 9.94. The normalized spacial score (nSPS) is 21.8. The second-order valence-electron chi connectivity index (χ2n) is 6.95. The highest BCUT2D eigenvalue weighted by atomic mass is 32.2. The molecule has 1 heterocycles. The molecule has 1 fully saturated rings. The fourth-order valence-electron chi connectivity index (χ4n) is 3.32. The SMILES string of the molecule is CCN(C)C(=O)c1ccc(OC)c(S(=O)(=O)N2CC(C)CC(C)C2)c1. The number of rotatable bonds is 5. The highest BCUT2D eigenvalue weighted by Gasteiger charge is 2.34. The molecule has 2 rings (SSSR count). The summed E-state index contributed by atoms with van der Waals surface area (Å²) in [7, 11) is -0.592. The van der Waals surface area contributed by atoms with Gasteiger partial charge in [0.05, 0.1) is 7.11 Å². The van der Waals surface area contributed by atoms with Crippen molar-refractivity contribution in [2.75, 3.05) is 33.8 Å². The second kappa shape index (κ2) is 7.74. The fourth-order valence-corrected chi connectivity index (χ4v) is 5.18. The Hall–Kier alpha value is -1.60. The van der Waals surface area contributed by atoms with Crippen LogP contribution in [0.15, 0.2) is 23.1 Å². The maximum atomic E-state index is 13.2. The molecule has 0 spiro atoms. The number of methoxy groups -OCH3 is 1. The zero-order chi connectivity index (χ0) is 18.8. The maximum Gasteiger partial charge on any atom is 0.253 e. The third kappa shape index (κ3) is 4.15. The molecule has 7 heteroatoms. The van der Waals surface area contributed by atoms with Crippen LogP contribution in [0.25, 0.3) is 0 Å². The summed E-state index contributed by atoms with van der Waals surface area (Å²) in [6.07, 6.45) is 1.02. The minimum atomic E-state index is -3.72. The van der Waals surface area contributed by atoms with Crippen LogP contribution in [0.4, 0.5) is 0 Å². The van der Waals surface area contributed by atoms with Crippen molar-refractivity contribution in [1.29, 1.82) is 0 Å². The molecule has 0 aromatic heterocycles. The van der Waals surface area contributed by atoms with Crippen molar-refractivity contribution in [3.63, 3.8) is 0 Å². The zero-order valence-electron chi connectivity index (χ0n) is 15.7. The molecular formula is C18H28N2O4S. The number of carbonyl (C=O) groups is 1. The molecule has 1 saturated heterocycles. The number of sulfonamides is 1. The van der Waals surface area contributed by atoms with Gasteiger partial charge in [0.1, 0.15) is 10.6 Å². The summed E-state index contributed by atoms with van der Waals surface area (Å²) < 4.78 is 33.2. The molecule has 1 aliphatic rings. The summed E-state index contributed by atoms with van der Waals surface area (Å²) in [6.45, 7) is 7.52. The van der Waals surface area contributed by atoms with Gasteiger partial charge in [-0.1, -0.05) is 13.8 Å². The lowest BCUT2D eigenvalue weighted by Gasteiger charge is -2.34. The van der Waals surface area contributed by atoms with E-state index in [-0.39, 0.29) is 16.6 Å². The van der Waals surface area contributed by atoms with Gasteiger partial charge < -0.3 is 9.64 Å². The van der Waals surface area contributed by atoms with Crippen molar-refractivity contribution in [3.8, 4) is 5.75 Å². The summed E-state index contributed by atoms with van der Waals surface area (Å²) in [6, 6.07) is 4.60. The number of hydrogen-bond donors (Lipinski definition) is 0. The number of benzene rings is 1. The van der Waals surface area contributed by atoms with Crippen LogP contribution in [-0.4, -0.2) is 57.3 Å². The molecule has 6 nitrogen and oxygen atoms in total. The lowest BCUT2D eigenvalue weighted by Crippen LogP contribution is -2.42. The quantitative estimate of drug-likeness (QED) is 0.801. The first-order valence-corrected chi connectivity index (χ1v) is 10.1. The van der Waals surface area contributed by atoms with Crippen LogP contribution >= 0.6 is 0 Å². The van der Waals surface area contributed by atoms with E-state index in [1.807, 2.05) is 6.92 Å². The van der Waals surface area contributed by atoms with Gasteiger partial charge in [-0.15, -0.1) is 0 Å². The summed E-state index contributed by atoms with van der Waals surface area (Å²) in [4.78, 5) is 14.0. The Morgan fingerprint density at radius 3 is 2.40 bits per heavy atom. The van der Waals surface area contributed by atoms with E-state index < -0.39 is 10.0 Å². The molecule has 1 aromatic rings. The molecule has 2 atom stereocenters. The third-order valence-electron chi connectivity index (χ3n) is 4.68. The molecule has 1 aliphatic heterocycles. The number of ether oxygens (including phenoxy) is 1. The van der Waals surface area contributed by atoms with Crippen LogP contribution < -0.4 is 4.74 Å². The van der Waals surface area contributed by atoms with Gasteiger partial charge in [-0.05, 0) is 43.4 Å². The van der Waals surface area contributed by atoms with E-state index in [0.29, 0.717) is 37.0 Å². The number of piperidine rings is 1. The summed E-state index contributed by atoms with van der Waals surface area (Å²) in [5.41, 5.74) is 0.349. The monoisotopic (exact) mass is 368 g/mol. The number of amides is 1. The zero-order valence-corrected chi connectivity index (χ0v) is 16.5. The smallest absolute Gasteiger partial charge is 0.253 e. The minimum absolute atomic E-state index is 0.0617. The maximum absolute atomic E-state index is 13.2. The van der Waals surface area contributed by atoms with Crippen molar-refractivity contribution >= 4 is 15.9 Å². The van der Waals surface area contributed by atoms with E-state index >= 15 is 0 Å². The van der Waals surface area contributed by atoms with Crippen LogP contribution in [0.2, 0.25) is 0 Å². The fraction of sp³-hybridized carbons (Fsp3) is 0.611. The standard InChI is InChI=1S/C18H28N2O4S/c1-6-19(4)18(21)15-7-8-16(24-5)17(10-15)25(22,23)20-11-13(2)9-14(3)12-20/h7-8,10,13-14H,6,9,11-12H2,1-5H3. The van der Waals surface area contributed by atoms with E-state index in [0.717, 1.165) is 6.42 Å². The molecule has 0 radical (unpaired) electrons. The average molecular weight is 368 g/mol. The predicted octanol–water partition coefficient (Wildman–Crippen LogP) is 2.45. The van der Waals surface area contributed by atoms with E-state index in [2.05, 4.69) is 13.8 Å². The molecule has 2 unspecified atom stereocenters. The van der Waals surface area contributed by atoms with Gasteiger partial charge in [0.25, 0.3) is 5.91 Å². The highest BCUT2D eigenvalue weighted by Crippen LogP contribution is 2.32. The Kier molecular flexibility index (Phi) is 6.11. The van der Waals surface area contributed by atoms with E-state index in [9.17, 15) is 13.2 Å². The summed E-state index contributed by atoms with van der Waals surface area (Å²) in [5.74, 6) is 0.671. The Bertz CT molecular complexity index is 723. The van der Waals surface area contributed by atoms with Crippen LogP contribution in [0.5, 0.6) is 5.75 Å². The van der Waals surface area contributed by atoms with E-state index in [1.54, 1.807) is 24.1 Å². The molecule has 25 heavy (non-hydrogen) atoms. The highest BCUT2D eigenvalue weighted by molar-refractivity contribution is 7.89. The summed E-state index contributed by atoms with van der Waals surface area (Å²) >= 11 is 0. The molecule has 1 aromatic carbocycles. The first kappa shape index (κ1) is 19.7. The van der Waals surface area contributed by atoms with Crippen molar-refractivity contribution in [2.24, 2.45) is 11.8 Å². The lowest BCUT2D eigenvalue weighted by molar-refractivity contribution is 0.0802. The van der Waals surface area contributed by atoms with Gasteiger partial charge in [-0.3, -0.25) is 4.79 Å². The van der Waals surface area contributed by atoms with Crippen molar-refractivity contribution < 1.29 is 17.9 Å². The summed E-state index contributed by atoms with van der Waals surface area (Å²) in [5, 5.41) is 0. The largest absolute Gasteiger partial charge is 0.495 e. The molecule has 0 aliphatic carbocycles. The van der Waals surface area contributed by atoms with Gasteiger partial charge in [0.15, 0.2) is 0 Å². The van der Waals surface area contributed by atoms with Crippen molar-refractivity contribution in [1.82, 2.24) is 9.21 Å². The van der Waals surface area contributed by atoms with Gasteiger partial charge in [-0.2, -0.15) is 4.31 Å². The van der Waals surface area contributed by atoms with Gasteiger partial charge >= 0.3 is 0 Å². The molecule has 140 valence electrons. The van der Waals surface area contributed by atoms with E-state index in [1.165, 1.54) is 17.5 Å². The molecule has 0 bridgehead atoms. The number of nitrogens with zero attached hydrogens (tertiary/aromatic N) is 2. The molecular weight excluding hydrogens is 340 g/mol. The first-order valence-electron chi connectivity index (χ1n) is 8.64. The Morgan fingerprint density at radius 2 is 1.88 bits per heavy atom. The molecule has 0 N–H and O–H groups in total. The van der Waals surface area contributed by atoms with Gasteiger partial charge in [0, 0.05) is 32.2 Å². The molecule has 1 amide bonds. The number of hydrogen-bond acceptors (Lipinski definition) is 4. The Balaban J connectivity index is 2.46. The molecule has 0 saturated carbocycles. The predicted molar refractivity (Wildman–Crippen MR) is 97.3 cm³/mol. The topological polar surface area (TPSA) is 66.9 Å². The Labute approximate surface area is 150 Å². The Morgan fingerprint density at radius 1 is 1.28 bits per heavy atom. The van der Waals surface area contributed by atoms with Crippen molar-refractivity contribution in [2.45, 2.75) is 32.1 Å². The van der Waals surface area contributed by atoms with Crippen LogP contribution in [0, 0.1) is 11.8 Å². The average Bonchev–Trinajstić information content (AvgIpc) is 2.58. The first-order chi connectivity index (χ1) is 11.7. The van der Waals surface area contributed by atoms with Crippen molar-refractivity contribution in [3.05, 3.63) is 23.8 Å². The van der Waals surface area contributed by atoms with E-state index in [4.69, 9.17) is 4.74 Å². The van der Waals surface area contributed by atoms with Gasteiger partial charge in [0.2, 0.25) is 10.0 Å². The van der Waals surface area contributed by atoms with Crippen LogP contribution in [-0.2, 0) is 10.0 Å². The third-order valence-corrected chi connectivity index (χ3v) is 6.54. The second-order valence-corrected chi connectivity index (χ2v) is 8.86. The minimum Gasteiger partial charge on any atom is -0.495 e. The number of carbonyl (C=O) groups excluding carboxylic acids is 1. The van der Waals surface area contributed by atoms with Crippen LogP contribution in [0.1, 0.15) is 37.6 Å².